The number of hydrogen-bond acceptors (Lipinski definition) is 4. The maximum Gasteiger partial charge on any atom is 0.325 e. The number of carbonyl (C=O) groups is 1. The van der Waals surface area contributed by atoms with Crippen molar-refractivity contribution in [1.29, 1.82) is 0 Å². The lowest BCUT2D eigenvalue weighted by Crippen LogP contribution is -2.39. The normalized spacial score (nSPS) is 14.7. The number of nitrogens with two attached hydrogens (primary N) is 1. The summed E-state index contributed by atoms with van der Waals surface area (Å²) in [5, 5.41) is 4.20. The minimum absolute atomic E-state index is 0.197. The molecule has 5 nitrogen and oxygen atoms in total. The molecule has 0 fully saturated rings. The average molecular weight is 211 g/mol. The highest BCUT2D eigenvalue weighted by molar-refractivity contribution is 5.76. The van der Waals surface area contributed by atoms with E-state index in [0.29, 0.717) is 6.61 Å². The smallest absolute Gasteiger partial charge is 0.325 e. The van der Waals surface area contributed by atoms with Crippen LogP contribution in [0.25, 0.3) is 0 Å². The van der Waals surface area contributed by atoms with Crippen molar-refractivity contribution in [3.8, 4) is 0 Å². The highest BCUT2D eigenvalue weighted by Gasteiger charge is 2.23. The Hall–Kier alpha value is -1.36. The van der Waals surface area contributed by atoms with Crippen LogP contribution in [-0.4, -0.2) is 28.4 Å². The van der Waals surface area contributed by atoms with Crippen molar-refractivity contribution in [2.75, 3.05) is 6.61 Å². The molecule has 1 aromatic heterocycles. The Balaban J connectivity index is 2.67. The third-order valence-electron chi connectivity index (χ3n) is 2.24. The Morgan fingerprint density at radius 1 is 1.73 bits per heavy atom. The van der Waals surface area contributed by atoms with Crippen LogP contribution < -0.4 is 5.73 Å². The van der Waals surface area contributed by atoms with Gasteiger partial charge in [0.05, 0.1) is 18.3 Å². The Bertz CT molecular complexity index is 335. The van der Waals surface area contributed by atoms with Crippen LogP contribution in [0.4, 0.5) is 0 Å². The molecular formula is C10H17N3O2. The molecule has 0 aliphatic heterocycles. The van der Waals surface area contributed by atoms with E-state index in [4.69, 9.17) is 10.5 Å². The first-order valence-corrected chi connectivity index (χ1v) is 5.00. The SMILES string of the molecule is CCOC(=O)C(N)C(C)n1ccc(C)n1. The Kier molecular flexibility index (Phi) is 3.85. The maximum absolute atomic E-state index is 11.4. The van der Waals surface area contributed by atoms with Crippen LogP contribution in [-0.2, 0) is 9.53 Å². The molecule has 2 N–H and O–H groups in total. The number of hydrogen-bond donors (Lipinski definition) is 1. The van der Waals surface area contributed by atoms with Crippen LogP contribution >= 0.6 is 0 Å². The molecule has 0 aromatic carbocycles. The lowest BCUT2D eigenvalue weighted by atomic mass is 10.1. The van der Waals surface area contributed by atoms with Crippen molar-refractivity contribution in [2.24, 2.45) is 5.73 Å². The molecule has 0 radical (unpaired) electrons. The van der Waals surface area contributed by atoms with E-state index in [0.717, 1.165) is 5.69 Å². The van der Waals surface area contributed by atoms with Crippen LogP contribution in [0.3, 0.4) is 0 Å². The Morgan fingerprint density at radius 3 is 2.87 bits per heavy atom. The number of ether oxygens (including phenoxy) is 1. The van der Waals surface area contributed by atoms with Gasteiger partial charge in [-0.1, -0.05) is 0 Å². The molecule has 0 bridgehead atoms. The molecule has 1 aromatic rings. The lowest BCUT2D eigenvalue weighted by molar-refractivity contribution is -0.145. The molecule has 2 unspecified atom stereocenters. The quantitative estimate of drug-likeness (QED) is 0.742. The van der Waals surface area contributed by atoms with E-state index >= 15 is 0 Å². The first-order chi connectivity index (χ1) is 7.06. The van der Waals surface area contributed by atoms with E-state index in [9.17, 15) is 4.79 Å². The molecule has 1 rings (SSSR count). The van der Waals surface area contributed by atoms with Gasteiger partial charge >= 0.3 is 5.97 Å². The molecule has 84 valence electrons. The predicted octanol–water partition coefficient (Wildman–Crippen LogP) is 0.643. The second-order valence-corrected chi connectivity index (χ2v) is 3.46. The number of aryl methyl sites for hydroxylation is 1. The van der Waals surface area contributed by atoms with Gasteiger partial charge in [-0.15, -0.1) is 0 Å². The molecule has 0 saturated heterocycles. The van der Waals surface area contributed by atoms with Crippen molar-refractivity contribution < 1.29 is 9.53 Å². The van der Waals surface area contributed by atoms with E-state index in [1.165, 1.54) is 0 Å². The fourth-order valence-electron chi connectivity index (χ4n) is 1.26. The van der Waals surface area contributed by atoms with Crippen LogP contribution in [0.2, 0.25) is 0 Å². The van der Waals surface area contributed by atoms with Gasteiger partial charge in [-0.2, -0.15) is 5.10 Å². The summed E-state index contributed by atoms with van der Waals surface area (Å²) in [7, 11) is 0. The molecule has 1 heterocycles. The fraction of sp³-hybridized carbons (Fsp3) is 0.600. The largest absolute Gasteiger partial charge is 0.465 e. The summed E-state index contributed by atoms with van der Waals surface area (Å²) in [6.07, 6.45) is 1.80. The minimum Gasteiger partial charge on any atom is -0.465 e. The number of nitrogens with zero attached hydrogens (tertiary/aromatic N) is 2. The zero-order valence-electron chi connectivity index (χ0n) is 9.30. The topological polar surface area (TPSA) is 70.1 Å². The first-order valence-electron chi connectivity index (χ1n) is 5.00. The average Bonchev–Trinajstić information content (AvgIpc) is 2.63. The highest BCUT2D eigenvalue weighted by atomic mass is 16.5. The zero-order valence-corrected chi connectivity index (χ0v) is 9.30. The van der Waals surface area contributed by atoms with E-state index in [2.05, 4.69) is 5.10 Å². The van der Waals surface area contributed by atoms with Gasteiger partial charge < -0.3 is 10.5 Å². The van der Waals surface area contributed by atoms with Gasteiger partial charge in [0.15, 0.2) is 0 Å². The fourth-order valence-corrected chi connectivity index (χ4v) is 1.26. The summed E-state index contributed by atoms with van der Waals surface area (Å²) in [5.74, 6) is -0.391. The molecular weight excluding hydrogens is 194 g/mol. The van der Waals surface area contributed by atoms with Crippen LogP contribution in [0.15, 0.2) is 12.3 Å². The summed E-state index contributed by atoms with van der Waals surface area (Å²) in [6.45, 7) is 5.83. The molecule has 0 amide bonds. The molecule has 2 atom stereocenters. The van der Waals surface area contributed by atoms with Crippen molar-refractivity contribution in [3.63, 3.8) is 0 Å². The van der Waals surface area contributed by atoms with Crippen LogP contribution in [0, 0.1) is 6.92 Å². The summed E-state index contributed by atoms with van der Waals surface area (Å²) in [5.41, 5.74) is 6.65. The highest BCUT2D eigenvalue weighted by Crippen LogP contribution is 2.10. The van der Waals surface area contributed by atoms with E-state index in [1.807, 2.05) is 19.9 Å². The van der Waals surface area contributed by atoms with E-state index in [1.54, 1.807) is 17.8 Å². The van der Waals surface area contributed by atoms with Crippen molar-refractivity contribution in [3.05, 3.63) is 18.0 Å². The van der Waals surface area contributed by atoms with E-state index < -0.39 is 12.0 Å². The van der Waals surface area contributed by atoms with Crippen molar-refractivity contribution in [2.45, 2.75) is 32.9 Å². The van der Waals surface area contributed by atoms with Crippen LogP contribution in [0.1, 0.15) is 25.6 Å². The van der Waals surface area contributed by atoms with Crippen molar-refractivity contribution >= 4 is 5.97 Å². The maximum atomic E-state index is 11.4. The van der Waals surface area contributed by atoms with Gasteiger partial charge in [-0.25, -0.2) is 0 Å². The standard InChI is InChI=1S/C10H17N3O2/c1-4-15-10(14)9(11)8(3)13-6-5-7(2)12-13/h5-6,8-9H,4,11H2,1-3H3. The first kappa shape index (κ1) is 11.7. The van der Waals surface area contributed by atoms with E-state index in [-0.39, 0.29) is 6.04 Å². The molecule has 0 saturated carbocycles. The molecule has 0 spiro atoms. The molecule has 0 aliphatic carbocycles. The third kappa shape index (κ3) is 2.79. The Labute approximate surface area is 89.2 Å². The summed E-state index contributed by atoms with van der Waals surface area (Å²) >= 11 is 0. The zero-order chi connectivity index (χ0) is 11.4. The number of aromatic nitrogens is 2. The summed E-state index contributed by atoms with van der Waals surface area (Å²) in [4.78, 5) is 11.4. The number of esters is 1. The minimum atomic E-state index is -0.677. The van der Waals surface area contributed by atoms with Gasteiger partial charge in [-0.3, -0.25) is 9.48 Å². The lowest BCUT2D eigenvalue weighted by Gasteiger charge is -2.18. The van der Waals surface area contributed by atoms with Gasteiger partial charge in [0, 0.05) is 6.20 Å². The number of carbonyl (C=O) groups excluding carboxylic acids is 1. The van der Waals surface area contributed by atoms with Gasteiger partial charge in [0.25, 0.3) is 0 Å². The second kappa shape index (κ2) is 4.93. The van der Waals surface area contributed by atoms with Crippen molar-refractivity contribution in [1.82, 2.24) is 9.78 Å². The summed E-state index contributed by atoms with van der Waals surface area (Å²) < 4.78 is 6.53. The third-order valence-corrected chi connectivity index (χ3v) is 2.24. The second-order valence-electron chi connectivity index (χ2n) is 3.46. The summed E-state index contributed by atoms with van der Waals surface area (Å²) in [6, 6.07) is 0.996. The monoisotopic (exact) mass is 211 g/mol. The van der Waals surface area contributed by atoms with Gasteiger partial charge in [-0.05, 0) is 26.8 Å². The number of rotatable bonds is 4. The van der Waals surface area contributed by atoms with Crippen LogP contribution in [0.5, 0.6) is 0 Å². The Morgan fingerprint density at radius 2 is 2.40 bits per heavy atom. The molecule has 15 heavy (non-hydrogen) atoms. The van der Waals surface area contributed by atoms with Gasteiger partial charge in [0.1, 0.15) is 6.04 Å². The van der Waals surface area contributed by atoms with Gasteiger partial charge in [0.2, 0.25) is 0 Å². The molecule has 5 heteroatoms. The molecule has 0 aliphatic rings. The predicted molar refractivity (Wildman–Crippen MR) is 56.3 cm³/mol.